The highest BCUT2D eigenvalue weighted by Gasteiger charge is 2.06. The van der Waals surface area contributed by atoms with Gasteiger partial charge in [0.25, 0.3) is 6.43 Å². The predicted molar refractivity (Wildman–Crippen MR) is 27.0 cm³/mol. The van der Waals surface area contributed by atoms with Gasteiger partial charge in [-0.15, -0.1) is 5.10 Å². The number of nitrogens with zero attached hydrogens (tertiary/aromatic N) is 2. The maximum atomic E-state index is 11.7. The summed E-state index contributed by atoms with van der Waals surface area (Å²) in [6.45, 7) is 0. The van der Waals surface area contributed by atoms with Crippen LogP contribution in [0.15, 0.2) is 18.3 Å². The van der Waals surface area contributed by atoms with Crippen molar-refractivity contribution in [3.63, 3.8) is 0 Å². The molecule has 0 unspecified atom stereocenters. The minimum Gasteiger partial charge on any atom is -0.203 e. The standard InChI is InChI=1S/C5H4F2N2/c6-5(7)4-2-1-3-8-9-4/h1-3,5H. The van der Waals surface area contributed by atoms with Crippen molar-refractivity contribution < 1.29 is 8.78 Å². The minimum absolute atomic E-state index is 0.280. The molecule has 0 fully saturated rings. The van der Waals surface area contributed by atoms with Gasteiger partial charge in [0.2, 0.25) is 0 Å². The zero-order chi connectivity index (χ0) is 6.69. The molecule has 1 aromatic heterocycles. The molecule has 0 spiro atoms. The first-order valence-corrected chi connectivity index (χ1v) is 2.36. The Labute approximate surface area is 50.5 Å². The molecule has 0 aromatic carbocycles. The highest BCUT2D eigenvalue weighted by molar-refractivity contribution is 4.99. The maximum Gasteiger partial charge on any atom is 0.282 e. The molecule has 0 atom stereocenters. The van der Waals surface area contributed by atoms with E-state index in [1.807, 2.05) is 0 Å². The molecule has 1 aromatic rings. The van der Waals surface area contributed by atoms with Gasteiger partial charge in [0, 0.05) is 6.20 Å². The Morgan fingerprint density at radius 3 is 2.56 bits per heavy atom. The second-order valence-electron chi connectivity index (χ2n) is 1.45. The zero-order valence-electron chi connectivity index (χ0n) is 4.46. The van der Waals surface area contributed by atoms with Gasteiger partial charge >= 0.3 is 0 Å². The van der Waals surface area contributed by atoms with Crippen LogP contribution >= 0.6 is 0 Å². The Bertz CT molecular complexity index is 176. The molecule has 4 heteroatoms. The van der Waals surface area contributed by atoms with E-state index in [2.05, 4.69) is 10.2 Å². The molecule has 0 aliphatic rings. The van der Waals surface area contributed by atoms with Gasteiger partial charge in [-0.3, -0.25) is 0 Å². The van der Waals surface area contributed by atoms with Gasteiger partial charge in [0.1, 0.15) is 5.69 Å². The quantitative estimate of drug-likeness (QED) is 0.574. The lowest BCUT2D eigenvalue weighted by Gasteiger charge is -1.92. The van der Waals surface area contributed by atoms with Gasteiger partial charge < -0.3 is 0 Å². The van der Waals surface area contributed by atoms with Crippen molar-refractivity contribution in [1.29, 1.82) is 0 Å². The molecular formula is C5H4F2N2. The number of aromatic nitrogens is 2. The molecule has 9 heavy (non-hydrogen) atoms. The summed E-state index contributed by atoms with van der Waals surface area (Å²) in [5.74, 6) is 0. The summed E-state index contributed by atoms with van der Waals surface area (Å²) in [4.78, 5) is 0. The summed E-state index contributed by atoms with van der Waals surface area (Å²) in [6, 6.07) is 2.66. The molecule has 48 valence electrons. The SMILES string of the molecule is FC(F)c1cccnn1. The van der Waals surface area contributed by atoms with Gasteiger partial charge in [-0.1, -0.05) is 0 Å². The third-order valence-corrected chi connectivity index (χ3v) is 0.817. The number of alkyl halides is 2. The highest BCUT2D eigenvalue weighted by atomic mass is 19.3. The lowest BCUT2D eigenvalue weighted by atomic mass is 10.4. The fourth-order valence-corrected chi connectivity index (χ4v) is 0.430. The molecule has 0 amide bonds. The van der Waals surface area contributed by atoms with Crippen LogP contribution in [0.5, 0.6) is 0 Å². The molecular weight excluding hydrogens is 126 g/mol. The van der Waals surface area contributed by atoms with E-state index in [1.54, 1.807) is 0 Å². The van der Waals surface area contributed by atoms with E-state index in [0.29, 0.717) is 0 Å². The van der Waals surface area contributed by atoms with E-state index in [9.17, 15) is 8.78 Å². The lowest BCUT2D eigenvalue weighted by molar-refractivity contribution is 0.145. The van der Waals surface area contributed by atoms with Crippen molar-refractivity contribution in [3.8, 4) is 0 Å². The first kappa shape index (κ1) is 6.07. The third-order valence-electron chi connectivity index (χ3n) is 0.817. The monoisotopic (exact) mass is 130 g/mol. The van der Waals surface area contributed by atoms with E-state index in [1.165, 1.54) is 18.3 Å². The van der Waals surface area contributed by atoms with Gasteiger partial charge in [-0.2, -0.15) is 5.10 Å². The van der Waals surface area contributed by atoms with Crippen LogP contribution in [0.4, 0.5) is 8.78 Å². The summed E-state index contributed by atoms with van der Waals surface area (Å²) < 4.78 is 23.3. The van der Waals surface area contributed by atoms with Gasteiger partial charge in [0.05, 0.1) is 0 Å². The fourth-order valence-electron chi connectivity index (χ4n) is 0.430. The smallest absolute Gasteiger partial charge is 0.203 e. The molecule has 0 aliphatic heterocycles. The Balaban J connectivity index is 2.85. The first-order valence-electron chi connectivity index (χ1n) is 2.36. The van der Waals surface area contributed by atoms with E-state index < -0.39 is 6.43 Å². The summed E-state index contributed by atoms with van der Waals surface area (Å²) in [7, 11) is 0. The summed E-state index contributed by atoms with van der Waals surface area (Å²) >= 11 is 0. The van der Waals surface area contributed by atoms with E-state index in [-0.39, 0.29) is 5.69 Å². The van der Waals surface area contributed by atoms with Gasteiger partial charge in [0.15, 0.2) is 0 Å². The van der Waals surface area contributed by atoms with E-state index in [4.69, 9.17) is 0 Å². The fraction of sp³-hybridized carbons (Fsp3) is 0.200. The Hall–Kier alpha value is -1.06. The van der Waals surface area contributed by atoms with Crippen molar-refractivity contribution in [1.82, 2.24) is 10.2 Å². The number of hydrogen-bond acceptors (Lipinski definition) is 2. The summed E-state index contributed by atoms with van der Waals surface area (Å²) in [5.41, 5.74) is -0.280. The van der Waals surface area contributed by atoms with E-state index in [0.717, 1.165) is 0 Å². The number of halogens is 2. The van der Waals surface area contributed by atoms with Crippen LogP contribution in [0.1, 0.15) is 12.1 Å². The average Bonchev–Trinajstić information content (AvgIpc) is 1.90. The van der Waals surface area contributed by atoms with Crippen LogP contribution in [0, 0.1) is 0 Å². The zero-order valence-corrected chi connectivity index (χ0v) is 4.46. The molecule has 0 saturated carbocycles. The highest BCUT2D eigenvalue weighted by Crippen LogP contribution is 2.13. The van der Waals surface area contributed by atoms with Crippen LogP contribution in [0.25, 0.3) is 0 Å². The Kier molecular flexibility index (Phi) is 1.67. The van der Waals surface area contributed by atoms with Crippen molar-refractivity contribution in [2.24, 2.45) is 0 Å². The second kappa shape index (κ2) is 2.48. The average molecular weight is 130 g/mol. The van der Waals surface area contributed by atoms with Crippen LogP contribution < -0.4 is 0 Å². The first-order chi connectivity index (χ1) is 4.30. The molecule has 0 radical (unpaired) electrons. The van der Waals surface area contributed by atoms with Crippen molar-refractivity contribution in [3.05, 3.63) is 24.0 Å². The Morgan fingerprint density at radius 1 is 1.44 bits per heavy atom. The largest absolute Gasteiger partial charge is 0.282 e. The number of rotatable bonds is 1. The molecule has 1 heterocycles. The number of hydrogen-bond donors (Lipinski definition) is 0. The summed E-state index contributed by atoms with van der Waals surface area (Å²) in [5, 5.41) is 6.45. The lowest BCUT2D eigenvalue weighted by Crippen LogP contribution is -1.89. The molecule has 1 rings (SSSR count). The van der Waals surface area contributed by atoms with Crippen LogP contribution in [-0.4, -0.2) is 10.2 Å². The van der Waals surface area contributed by atoms with Gasteiger partial charge in [-0.05, 0) is 12.1 Å². The molecule has 0 N–H and O–H groups in total. The van der Waals surface area contributed by atoms with Crippen LogP contribution in [0.3, 0.4) is 0 Å². The predicted octanol–water partition coefficient (Wildman–Crippen LogP) is 1.41. The van der Waals surface area contributed by atoms with Crippen molar-refractivity contribution in [2.45, 2.75) is 6.43 Å². The molecule has 0 bridgehead atoms. The summed E-state index contributed by atoms with van der Waals surface area (Å²) in [6.07, 6.45) is -1.16. The Morgan fingerprint density at radius 2 is 2.22 bits per heavy atom. The van der Waals surface area contributed by atoms with E-state index >= 15 is 0 Å². The van der Waals surface area contributed by atoms with Crippen LogP contribution in [0.2, 0.25) is 0 Å². The van der Waals surface area contributed by atoms with Crippen molar-refractivity contribution >= 4 is 0 Å². The van der Waals surface area contributed by atoms with Crippen LogP contribution in [-0.2, 0) is 0 Å². The minimum atomic E-state index is -2.52. The third kappa shape index (κ3) is 1.42. The molecule has 0 aliphatic carbocycles. The maximum absolute atomic E-state index is 11.7. The molecule has 2 nitrogen and oxygen atoms in total. The van der Waals surface area contributed by atoms with Gasteiger partial charge in [-0.25, -0.2) is 8.78 Å². The topological polar surface area (TPSA) is 25.8 Å². The molecule has 0 saturated heterocycles. The second-order valence-corrected chi connectivity index (χ2v) is 1.45. The normalized spacial score (nSPS) is 10.1. The van der Waals surface area contributed by atoms with Crippen molar-refractivity contribution in [2.75, 3.05) is 0 Å².